The Morgan fingerprint density at radius 1 is 1.70 bits per heavy atom. The van der Waals surface area contributed by atoms with Gasteiger partial charge in [0.15, 0.2) is 0 Å². The van der Waals surface area contributed by atoms with Gasteiger partial charge in [-0.15, -0.1) is 0 Å². The molecule has 10 heavy (non-hydrogen) atoms. The van der Waals surface area contributed by atoms with E-state index in [0.717, 1.165) is 12.2 Å². The minimum atomic E-state index is -0.318. The molecule has 3 heteroatoms. The Kier molecular flexibility index (Phi) is 5.12. The molecule has 0 aromatic rings. The Hall–Kier alpha value is -0.440. The quantitative estimate of drug-likeness (QED) is 0.382. The summed E-state index contributed by atoms with van der Waals surface area (Å²) in [5.41, 5.74) is 0.525. The number of ether oxygens (including phenoxy) is 1. The average Bonchev–Trinajstić information content (AvgIpc) is 1.98. The van der Waals surface area contributed by atoms with Crippen LogP contribution in [-0.2, 0) is 9.53 Å². The summed E-state index contributed by atoms with van der Waals surface area (Å²) in [6.07, 6.45) is 1.55. The lowest BCUT2D eigenvalue weighted by Crippen LogP contribution is -2.03. The third-order valence-corrected chi connectivity index (χ3v) is 1.43. The minimum Gasteiger partial charge on any atom is -0.466 e. The van der Waals surface area contributed by atoms with Crippen molar-refractivity contribution in [2.45, 2.75) is 12.8 Å². The molecule has 0 aromatic carbocycles. The summed E-state index contributed by atoms with van der Waals surface area (Å²) in [5, 5.41) is 0. The van der Waals surface area contributed by atoms with E-state index in [-0.39, 0.29) is 5.97 Å². The van der Waals surface area contributed by atoms with Crippen LogP contribution in [0.5, 0.6) is 0 Å². The fourth-order valence-electron chi connectivity index (χ4n) is 0.539. The van der Waals surface area contributed by atoms with Crippen LogP contribution in [0.1, 0.15) is 12.8 Å². The Morgan fingerprint density at radius 3 is 2.70 bits per heavy atom. The predicted octanol–water partition coefficient (Wildman–Crippen LogP) is 1.43. The number of methoxy groups -OCH3 is 1. The standard InChI is InChI=1S/C7H12O2S/c1-6(4-3-5-10)7(8)9-2/h10H,1,3-5H2,2H3. The van der Waals surface area contributed by atoms with Gasteiger partial charge in [0.2, 0.25) is 0 Å². The van der Waals surface area contributed by atoms with Gasteiger partial charge in [-0.25, -0.2) is 4.79 Å². The van der Waals surface area contributed by atoms with E-state index in [0.29, 0.717) is 12.0 Å². The summed E-state index contributed by atoms with van der Waals surface area (Å²) in [7, 11) is 1.36. The fraction of sp³-hybridized carbons (Fsp3) is 0.571. The second-order valence-corrected chi connectivity index (χ2v) is 2.37. The highest BCUT2D eigenvalue weighted by molar-refractivity contribution is 7.80. The van der Waals surface area contributed by atoms with E-state index in [4.69, 9.17) is 0 Å². The number of thiol groups is 1. The summed E-state index contributed by atoms with van der Waals surface area (Å²) in [6, 6.07) is 0. The first-order valence-corrected chi connectivity index (χ1v) is 3.72. The largest absolute Gasteiger partial charge is 0.466 e. The Morgan fingerprint density at radius 2 is 2.30 bits per heavy atom. The molecule has 0 aromatic heterocycles. The molecule has 0 spiro atoms. The maximum absolute atomic E-state index is 10.7. The van der Waals surface area contributed by atoms with Crippen molar-refractivity contribution in [1.82, 2.24) is 0 Å². The molecule has 0 aliphatic rings. The summed E-state index contributed by atoms with van der Waals surface area (Å²) in [4.78, 5) is 10.7. The van der Waals surface area contributed by atoms with E-state index in [1.807, 2.05) is 0 Å². The molecule has 0 aliphatic carbocycles. The van der Waals surface area contributed by atoms with Crippen molar-refractivity contribution in [3.63, 3.8) is 0 Å². The van der Waals surface area contributed by atoms with Crippen LogP contribution in [-0.4, -0.2) is 18.8 Å². The molecule has 0 bridgehead atoms. The third kappa shape index (κ3) is 3.56. The topological polar surface area (TPSA) is 26.3 Å². The monoisotopic (exact) mass is 160 g/mol. The van der Waals surface area contributed by atoms with E-state index in [1.165, 1.54) is 7.11 Å². The molecular weight excluding hydrogens is 148 g/mol. The van der Waals surface area contributed by atoms with Gasteiger partial charge in [-0.1, -0.05) is 6.58 Å². The van der Waals surface area contributed by atoms with E-state index in [9.17, 15) is 4.79 Å². The van der Waals surface area contributed by atoms with E-state index in [2.05, 4.69) is 23.9 Å². The predicted molar refractivity (Wildman–Crippen MR) is 44.2 cm³/mol. The van der Waals surface area contributed by atoms with Gasteiger partial charge in [0.25, 0.3) is 0 Å². The van der Waals surface area contributed by atoms with Crippen molar-refractivity contribution in [1.29, 1.82) is 0 Å². The Labute approximate surface area is 66.7 Å². The number of carbonyl (C=O) groups is 1. The van der Waals surface area contributed by atoms with Gasteiger partial charge in [-0.3, -0.25) is 0 Å². The Balaban J connectivity index is 3.52. The summed E-state index contributed by atoms with van der Waals surface area (Å²) in [5.74, 6) is 0.456. The van der Waals surface area contributed by atoms with Gasteiger partial charge in [-0.05, 0) is 18.6 Å². The highest BCUT2D eigenvalue weighted by atomic mass is 32.1. The van der Waals surface area contributed by atoms with Crippen LogP contribution >= 0.6 is 12.6 Å². The molecule has 0 fully saturated rings. The molecular formula is C7H12O2S. The van der Waals surface area contributed by atoms with Gasteiger partial charge in [0, 0.05) is 5.57 Å². The molecule has 2 nitrogen and oxygen atoms in total. The van der Waals surface area contributed by atoms with Crippen molar-refractivity contribution in [2.75, 3.05) is 12.9 Å². The molecule has 0 saturated heterocycles. The second kappa shape index (κ2) is 5.35. The molecule has 0 N–H and O–H groups in total. The van der Waals surface area contributed by atoms with Crippen LogP contribution < -0.4 is 0 Å². The van der Waals surface area contributed by atoms with Crippen molar-refractivity contribution >= 4 is 18.6 Å². The van der Waals surface area contributed by atoms with Crippen LogP contribution in [0.25, 0.3) is 0 Å². The number of hydrogen-bond acceptors (Lipinski definition) is 3. The SMILES string of the molecule is C=C(CCCS)C(=O)OC. The second-order valence-electron chi connectivity index (χ2n) is 1.92. The Bertz CT molecular complexity index is 132. The lowest BCUT2D eigenvalue weighted by molar-refractivity contribution is -0.136. The average molecular weight is 160 g/mol. The lowest BCUT2D eigenvalue weighted by Gasteiger charge is -2.00. The van der Waals surface area contributed by atoms with E-state index >= 15 is 0 Å². The molecule has 58 valence electrons. The van der Waals surface area contributed by atoms with Crippen molar-refractivity contribution in [2.24, 2.45) is 0 Å². The van der Waals surface area contributed by atoms with Gasteiger partial charge in [0.05, 0.1) is 7.11 Å². The zero-order chi connectivity index (χ0) is 7.98. The number of hydrogen-bond donors (Lipinski definition) is 1. The highest BCUT2D eigenvalue weighted by Gasteiger charge is 2.03. The molecule has 0 rings (SSSR count). The third-order valence-electron chi connectivity index (χ3n) is 1.11. The van der Waals surface area contributed by atoms with Crippen molar-refractivity contribution in [3.05, 3.63) is 12.2 Å². The fourth-order valence-corrected chi connectivity index (χ4v) is 0.697. The molecule has 0 aliphatic heterocycles. The zero-order valence-corrected chi connectivity index (χ0v) is 6.99. The van der Waals surface area contributed by atoms with Crippen LogP contribution in [0.4, 0.5) is 0 Å². The zero-order valence-electron chi connectivity index (χ0n) is 6.09. The molecule has 0 radical (unpaired) electrons. The van der Waals surface area contributed by atoms with Crippen LogP contribution in [0.15, 0.2) is 12.2 Å². The number of rotatable bonds is 4. The first-order chi connectivity index (χ1) is 4.72. The number of carbonyl (C=O) groups excluding carboxylic acids is 1. The van der Waals surface area contributed by atoms with Crippen molar-refractivity contribution < 1.29 is 9.53 Å². The van der Waals surface area contributed by atoms with Crippen LogP contribution in [0.2, 0.25) is 0 Å². The van der Waals surface area contributed by atoms with Gasteiger partial charge in [-0.2, -0.15) is 12.6 Å². The summed E-state index contributed by atoms with van der Waals surface area (Å²) >= 11 is 4.00. The van der Waals surface area contributed by atoms with Crippen LogP contribution in [0.3, 0.4) is 0 Å². The van der Waals surface area contributed by atoms with Gasteiger partial charge < -0.3 is 4.74 Å². The molecule has 0 atom stereocenters. The first kappa shape index (κ1) is 9.56. The maximum Gasteiger partial charge on any atom is 0.333 e. The van der Waals surface area contributed by atoms with Gasteiger partial charge >= 0.3 is 5.97 Å². The van der Waals surface area contributed by atoms with Gasteiger partial charge in [0.1, 0.15) is 0 Å². The smallest absolute Gasteiger partial charge is 0.333 e. The highest BCUT2D eigenvalue weighted by Crippen LogP contribution is 2.04. The number of esters is 1. The minimum absolute atomic E-state index is 0.318. The summed E-state index contributed by atoms with van der Waals surface area (Å²) in [6.45, 7) is 3.55. The van der Waals surface area contributed by atoms with Crippen LogP contribution in [0, 0.1) is 0 Å². The summed E-state index contributed by atoms with van der Waals surface area (Å²) < 4.78 is 4.45. The van der Waals surface area contributed by atoms with E-state index in [1.54, 1.807) is 0 Å². The van der Waals surface area contributed by atoms with Crippen molar-refractivity contribution in [3.8, 4) is 0 Å². The molecule has 0 heterocycles. The molecule has 0 unspecified atom stereocenters. The van der Waals surface area contributed by atoms with E-state index < -0.39 is 0 Å². The maximum atomic E-state index is 10.7. The lowest BCUT2D eigenvalue weighted by atomic mass is 10.2. The normalized spacial score (nSPS) is 9.00. The molecule has 0 amide bonds. The molecule has 0 saturated carbocycles. The first-order valence-electron chi connectivity index (χ1n) is 3.09.